The Hall–Kier alpha value is -2.14. The molecular weight excluding hydrogens is 248 g/mol. The summed E-state index contributed by atoms with van der Waals surface area (Å²) >= 11 is 0. The van der Waals surface area contributed by atoms with Gasteiger partial charge in [0.1, 0.15) is 0 Å². The molecule has 0 bridgehead atoms. The number of hydrogen-bond acceptors (Lipinski definition) is 4. The van der Waals surface area contributed by atoms with E-state index in [1.807, 2.05) is 0 Å². The van der Waals surface area contributed by atoms with E-state index in [1.54, 1.807) is 36.5 Å². The van der Waals surface area contributed by atoms with Crippen molar-refractivity contribution < 1.29 is 9.00 Å². The van der Waals surface area contributed by atoms with E-state index >= 15 is 0 Å². The third-order valence-corrected chi connectivity index (χ3v) is 3.71. The molecular formula is C13H8N2O2S. The predicted octanol–water partition coefficient (Wildman–Crippen LogP) is 2.09. The fourth-order valence-corrected chi connectivity index (χ4v) is 2.64. The highest BCUT2D eigenvalue weighted by Gasteiger charge is 2.17. The van der Waals surface area contributed by atoms with Gasteiger partial charge in [-0.2, -0.15) is 0 Å². The van der Waals surface area contributed by atoms with Crippen LogP contribution >= 0.6 is 0 Å². The fraction of sp³-hybridized carbons (Fsp3) is 0. The molecule has 0 spiro atoms. The average molecular weight is 256 g/mol. The van der Waals surface area contributed by atoms with Crippen molar-refractivity contribution in [2.75, 3.05) is 0 Å². The molecule has 2 heterocycles. The zero-order valence-electron chi connectivity index (χ0n) is 9.24. The van der Waals surface area contributed by atoms with Crippen LogP contribution in [0.5, 0.6) is 0 Å². The van der Waals surface area contributed by atoms with E-state index in [1.165, 1.54) is 11.7 Å². The molecule has 1 atom stereocenters. The van der Waals surface area contributed by atoms with Crippen LogP contribution in [-0.4, -0.2) is 20.5 Å². The van der Waals surface area contributed by atoms with Crippen molar-refractivity contribution in [2.24, 2.45) is 4.99 Å². The Balaban J connectivity index is 2.02. The van der Waals surface area contributed by atoms with E-state index in [9.17, 15) is 9.00 Å². The SMILES string of the molecule is O=C(c1cccnc1)c1ccc2c(c1)S(=O)C=N2. The highest BCUT2D eigenvalue weighted by Crippen LogP contribution is 2.28. The van der Waals surface area contributed by atoms with Crippen molar-refractivity contribution in [1.82, 2.24) is 4.98 Å². The van der Waals surface area contributed by atoms with Crippen LogP contribution in [0.15, 0.2) is 52.6 Å². The number of aliphatic imine (C=N–C) groups is 1. The molecule has 2 aromatic rings. The monoisotopic (exact) mass is 256 g/mol. The Labute approximate surface area is 106 Å². The van der Waals surface area contributed by atoms with Crippen molar-refractivity contribution in [3.05, 3.63) is 53.9 Å². The molecule has 1 aromatic carbocycles. The van der Waals surface area contributed by atoms with Crippen LogP contribution in [0.4, 0.5) is 5.69 Å². The maximum absolute atomic E-state index is 12.2. The minimum atomic E-state index is -1.24. The number of pyridine rings is 1. The molecule has 18 heavy (non-hydrogen) atoms. The second-order valence-electron chi connectivity index (χ2n) is 3.79. The van der Waals surface area contributed by atoms with Crippen molar-refractivity contribution in [3.8, 4) is 0 Å². The second kappa shape index (κ2) is 4.27. The quantitative estimate of drug-likeness (QED) is 0.773. The van der Waals surface area contributed by atoms with Gasteiger partial charge in [-0.3, -0.25) is 9.78 Å². The van der Waals surface area contributed by atoms with E-state index in [0.717, 1.165) is 0 Å². The van der Waals surface area contributed by atoms with Crippen LogP contribution in [0, 0.1) is 0 Å². The highest BCUT2D eigenvalue weighted by molar-refractivity contribution is 7.99. The van der Waals surface area contributed by atoms with Crippen molar-refractivity contribution in [3.63, 3.8) is 0 Å². The summed E-state index contributed by atoms with van der Waals surface area (Å²) in [7, 11) is -1.24. The lowest BCUT2D eigenvalue weighted by atomic mass is 10.0. The molecule has 0 fully saturated rings. The number of rotatable bonds is 2. The maximum atomic E-state index is 12.2. The van der Waals surface area contributed by atoms with Gasteiger partial charge in [0.05, 0.1) is 26.9 Å². The average Bonchev–Trinajstić information content (AvgIpc) is 2.80. The van der Waals surface area contributed by atoms with E-state index in [0.29, 0.717) is 21.7 Å². The standard InChI is InChI=1S/C13H8N2O2S/c16-13(10-2-1-5-14-7-10)9-3-4-11-12(6-9)18(17)8-15-11/h1-8H. The van der Waals surface area contributed by atoms with E-state index in [4.69, 9.17) is 0 Å². The molecule has 1 unspecified atom stereocenters. The summed E-state index contributed by atoms with van der Waals surface area (Å²) in [4.78, 5) is 20.7. The molecule has 0 saturated heterocycles. The van der Waals surface area contributed by atoms with Crippen LogP contribution in [0.1, 0.15) is 15.9 Å². The van der Waals surface area contributed by atoms with Gasteiger partial charge in [-0.25, -0.2) is 9.20 Å². The van der Waals surface area contributed by atoms with Gasteiger partial charge in [0.15, 0.2) is 5.78 Å². The van der Waals surface area contributed by atoms with Gasteiger partial charge in [-0.15, -0.1) is 0 Å². The largest absolute Gasteiger partial charge is 0.289 e. The van der Waals surface area contributed by atoms with Crippen LogP contribution in [0.2, 0.25) is 0 Å². The van der Waals surface area contributed by atoms with Gasteiger partial charge >= 0.3 is 0 Å². The molecule has 1 aromatic heterocycles. The molecule has 0 saturated carbocycles. The van der Waals surface area contributed by atoms with E-state index in [-0.39, 0.29) is 5.78 Å². The van der Waals surface area contributed by atoms with Gasteiger partial charge in [-0.05, 0) is 30.3 Å². The molecule has 0 aliphatic carbocycles. The second-order valence-corrected chi connectivity index (χ2v) is 5.03. The summed E-state index contributed by atoms with van der Waals surface area (Å²) in [6.45, 7) is 0. The summed E-state index contributed by atoms with van der Waals surface area (Å²) in [5.41, 5.74) is 3.06. The third kappa shape index (κ3) is 1.78. The molecule has 88 valence electrons. The topological polar surface area (TPSA) is 59.4 Å². The van der Waals surface area contributed by atoms with Gasteiger partial charge in [0.25, 0.3) is 0 Å². The zero-order chi connectivity index (χ0) is 12.5. The molecule has 1 aliphatic heterocycles. The molecule has 0 radical (unpaired) electrons. The summed E-state index contributed by atoms with van der Waals surface area (Å²) < 4.78 is 11.6. The number of benzene rings is 1. The zero-order valence-corrected chi connectivity index (χ0v) is 10.1. The van der Waals surface area contributed by atoms with Gasteiger partial charge in [0.2, 0.25) is 0 Å². The highest BCUT2D eigenvalue weighted by atomic mass is 32.2. The van der Waals surface area contributed by atoms with Crippen LogP contribution in [0.3, 0.4) is 0 Å². The number of aromatic nitrogens is 1. The van der Waals surface area contributed by atoms with Crippen molar-refractivity contribution in [2.45, 2.75) is 4.90 Å². The number of hydrogen-bond donors (Lipinski definition) is 0. The first-order valence-corrected chi connectivity index (χ1v) is 6.50. The summed E-state index contributed by atoms with van der Waals surface area (Å²) in [5, 5.41) is 0. The lowest BCUT2D eigenvalue weighted by Gasteiger charge is -2.02. The Bertz CT molecular complexity index is 681. The van der Waals surface area contributed by atoms with Crippen molar-refractivity contribution >= 4 is 27.8 Å². The van der Waals surface area contributed by atoms with Crippen LogP contribution in [-0.2, 0) is 10.8 Å². The van der Waals surface area contributed by atoms with E-state index < -0.39 is 10.8 Å². The fourth-order valence-electron chi connectivity index (χ4n) is 1.75. The summed E-state index contributed by atoms with van der Waals surface area (Å²) in [5.74, 6) is -0.130. The summed E-state index contributed by atoms with van der Waals surface area (Å²) in [6, 6.07) is 8.44. The van der Waals surface area contributed by atoms with Gasteiger partial charge < -0.3 is 0 Å². The Morgan fingerprint density at radius 3 is 2.83 bits per heavy atom. The Morgan fingerprint density at radius 1 is 1.17 bits per heavy atom. The number of carbonyl (C=O) groups excluding carboxylic acids is 1. The Morgan fingerprint density at radius 2 is 2.06 bits per heavy atom. The van der Waals surface area contributed by atoms with Crippen LogP contribution < -0.4 is 0 Å². The summed E-state index contributed by atoms with van der Waals surface area (Å²) in [6.07, 6.45) is 3.13. The molecule has 1 aliphatic rings. The number of fused-ring (bicyclic) bond motifs is 1. The predicted molar refractivity (Wildman–Crippen MR) is 68.7 cm³/mol. The molecule has 0 N–H and O–H groups in total. The smallest absolute Gasteiger partial charge is 0.194 e. The first kappa shape index (κ1) is 11.0. The molecule has 3 rings (SSSR count). The van der Waals surface area contributed by atoms with Crippen molar-refractivity contribution in [1.29, 1.82) is 0 Å². The first-order chi connectivity index (χ1) is 8.75. The Kier molecular flexibility index (Phi) is 2.60. The minimum absolute atomic E-state index is 0.130. The first-order valence-electron chi connectivity index (χ1n) is 5.29. The lowest BCUT2D eigenvalue weighted by molar-refractivity contribution is 0.103. The van der Waals surface area contributed by atoms with Gasteiger partial charge in [0, 0.05) is 23.5 Å². The minimum Gasteiger partial charge on any atom is -0.289 e. The molecule has 4 nitrogen and oxygen atoms in total. The van der Waals surface area contributed by atoms with Gasteiger partial charge in [-0.1, -0.05) is 0 Å². The lowest BCUT2D eigenvalue weighted by Crippen LogP contribution is -2.02. The third-order valence-electron chi connectivity index (χ3n) is 2.65. The maximum Gasteiger partial charge on any atom is 0.194 e. The molecule has 5 heteroatoms. The normalized spacial score (nSPS) is 16.6. The van der Waals surface area contributed by atoms with Crippen LogP contribution in [0.25, 0.3) is 0 Å². The number of carbonyl (C=O) groups is 1. The number of ketones is 1. The number of nitrogens with zero attached hydrogens (tertiary/aromatic N) is 2. The molecule has 0 amide bonds. The van der Waals surface area contributed by atoms with E-state index in [2.05, 4.69) is 9.98 Å².